The number of ether oxygens (including phenoxy) is 1. The molecule has 1 N–H and O–H groups in total. The van der Waals surface area contributed by atoms with Crippen LogP contribution in [0.5, 0.6) is 5.75 Å². The molecule has 128 valence electrons. The SMILES string of the molecule is CCOc1cccc(C(=O)C(C#N)C(=O)Nc2cccc(C)c2C)c1. The van der Waals surface area contributed by atoms with Gasteiger partial charge in [0, 0.05) is 11.3 Å². The maximum atomic E-state index is 12.6. The van der Waals surface area contributed by atoms with E-state index in [2.05, 4.69) is 5.32 Å². The van der Waals surface area contributed by atoms with E-state index in [0.29, 0.717) is 18.0 Å². The molecule has 25 heavy (non-hydrogen) atoms. The number of hydrogen-bond donors (Lipinski definition) is 1. The van der Waals surface area contributed by atoms with Crippen molar-refractivity contribution in [1.82, 2.24) is 0 Å². The second-order valence-corrected chi connectivity index (χ2v) is 5.62. The Labute approximate surface area is 147 Å². The van der Waals surface area contributed by atoms with Gasteiger partial charge >= 0.3 is 0 Å². The lowest BCUT2D eigenvalue weighted by atomic mass is 9.97. The molecule has 5 nitrogen and oxygen atoms in total. The van der Waals surface area contributed by atoms with E-state index in [1.165, 1.54) is 0 Å². The number of anilines is 1. The molecule has 2 rings (SSSR count). The molecule has 0 spiro atoms. The predicted octanol–water partition coefficient (Wildman–Crippen LogP) is 3.66. The third kappa shape index (κ3) is 4.24. The van der Waals surface area contributed by atoms with Crippen molar-refractivity contribution in [2.75, 3.05) is 11.9 Å². The Morgan fingerprint density at radius 3 is 2.60 bits per heavy atom. The molecule has 0 fully saturated rings. The van der Waals surface area contributed by atoms with Crippen LogP contribution < -0.4 is 10.1 Å². The number of nitrogens with zero attached hydrogens (tertiary/aromatic N) is 1. The number of aryl methyl sites for hydroxylation is 1. The first-order valence-corrected chi connectivity index (χ1v) is 8.01. The van der Waals surface area contributed by atoms with E-state index in [1.54, 1.807) is 36.4 Å². The summed E-state index contributed by atoms with van der Waals surface area (Å²) in [5.74, 6) is -2.08. The number of ketones is 1. The van der Waals surface area contributed by atoms with Crippen LogP contribution in [0.15, 0.2) is 42.5 Å². The minimum absolute atomic E-state index is 0.272. The van der Waals surface area contributed by atoms with Crippen LogP contribution in [0, 0.1) is 31.1 Å². The van der Waals surface area contributed by atoms with Gasteiger partial charge in [-0.05, 0) is 50.1 Å². The predicted molar refractivity (Wildman–Crippen MR) is 95.6 cm³/mol. The van der Waals surface area contributed by atoms with E-state index in [0.717, 1.165) is 11.1 Å². The van der Waals surface area contributed by atoms with Crippen LogP contribution in [0.1, 0.15) is 28.4 Å². The van der Waals surface area contributed by atoms with Crippen LogP contribution in [-0.2, 0) is 4.79 Å². The molecular formula is C20H20N2O3. The Balaban J connectivity index is 2.22. The van der Waals surface area contributed by atoms with Gasteiger partial charge in [0.1, 0.15) is 5.75 Å². The van der Waals surface area contributed by atoms with E-state index in [1.807, 2.05) is 32.9 Å². The van der Waals surface area contributed by atoms with Crippen LogP contribution in [0.25, 0.3) is 0 Å². The van der Waals surface area contributed by atoms with Crippen molar-refractivity contribution >= 4 is 17.4 Å². The summed E-state index contributed by atoms with van der Waals surface area (Å²) in [4.78, 5) is 25.0. The van der Waals surface area contributed by atoms with Crippen LogP contribution in [0.2, 0.25) is 0 Å². The fraction of sp³-hybridized carbons (Fsp3) is 0.250. The van der Waals surface area contributed by atoms with E-state index in [-0.39, 0.29) is 5.56 Å². The van der Waals surface area contributed by atoms with Gasteiger partial charge < -0.3 is 10.1 Å². The highest BCUT2D eigenvalue weighted by Crippen LogP contribution is 2.21. The largest absolute Gasteiger partial charge is 0.494 e. The van der Waals surface area contributed by atoms with Gasteiger partial charge in [0.05, 0.1) is 12.7 Å². The lowest BCUT2D eigenvalue weighted by Gasteiger charge is -2.13. The Morgan fingerprint density at radius 1 is 1.20 bits per heavy atom. The van der Waals surface area contributed by atoms with Gasteiger partial charge in [-0.2, -0.15) is 5.26 Å². The molecule has 2 aromatic carbocycles. The minimum Gasteiger partial charge on any atom is -0.494 e. The van der Waals surface area contributed by atoms with Crippen molar-refractivity contribution in [2.45, 2.75) is 20.8 Å². The molecule has 0 aromatic heterocycles. The Hall–Kier alpha value is -3.13. The maximum absolute atomic E-state index is 12.6. The average molecular weight is 336 g/mol. The first-order valence-electron chi connectivity index (χ1n) is 8.01. The zero-order chi connectivity index (χ0) is 18.4. The van der Waals surface area contributed by atoms with Gasteiger partial charge in [-0.1, -0.05) is 24.3 Å². The number of nitrogens with one attached hydrogen (secondary N) is 1. The summed E-state index contributed by atoms with van der Waals surface area (Å²) < 4.78 is 5.36. The lowest BCUT2D eigenvalue weighted by Crippen LogP contribution is -2.29. The molecule has 0 aliphatic heterocycles. The fourth-order valence-corrected chi connectivity index (χ4v) is 2.40. The highest BCUT2D eigenvalue weighted by Gasteiger charge is 2.28. The van der Waals surface area contributed by atoms with Gasteiger partial charge in [-0.3, -0.25) is 9.59 Å². The molecule has 1 amide bonds. The molecular weight excluding hydrogens is 316 g/mol. The van der Waals surface area contributed by atoms with Crippen molar-refractivity contribution < 1.29 is 14.3 Å². The summed E-state index contributed by atoms with van der Waals surface area (Å²) in [5, 5.41) is 12.0. The van der Waals surface area contributed by atoms with Crippen LogP contribution >= 0.6 is 0 Å². The molecule has 0 aliphatic rings. The van der Waals surface area contributed by atoms with Crippen molar-refractivity contribution in [2.24, 2.45) is 5.92 Å². The highest BCUT2D eigenvalue weighted by atomic mass is 16.5. The van der Waals surface area contributed by atoms with E-state index >= 15 is 0 Å². The van der Waals surface area contributed by atoms with Gasteiger partial charge in [0.2, 0.25) is 5.91 Å². The maximum Gasteiger partial charge on any atom is 0.249 e. The third-order valence-corrected chi connectivity index (χ3v) is 3.95. The fourth-order valence-electron chi connectivity index (χ4n) is 2.40. The van der Waals surface area contributed by atoms with Crippen molar-refractivity contribution in [3.8, 4) is 11.8 Å². The zero-order valence-electron chi connectivity index (χ0n) is 14.5. The number of Topliss-reactive ketones (excluding diaryl/α,β-unsaturated/α-hetero) is 1. The van der Waals surface area contributed by atoms with E-state index in [9.17, 15) is 14.9 Å². The molecule has 0 saturated heterocycles. The van der Waals surface area contributed by atoms with Crippen molar-refractivity contribution in [3.05, 3.63) is 59.2 Å². The standard InChI is InChI=1S/C20H20N2O3/c1-4-25-16-9-6-8-15(11-16)19(23)17(12-21)20(24)22-18-10-5-7-13(2)14(18)3/h5-11,17H,4H2,1-3H3,(H,22,24). The molecule has 1 unspecified atom stereocenters. The molecule has 2 aromatic rings. The number of benzene rings is 2. The first kappa shape index (κ1) is 18.2. The van der Waals surface area contributed by atoms with Crippen LogP contribution in [-0.4, -0.2) is 18.3 Å². The van der Waals surface area contributed by atoms with E-state index < -0.39 is 17.6 Å². The summed E-state index contributed by atoms with van der Waals surface area (Å²) in [6.45, 7) is 6.10. The molecule has 1 atom stereocenters. The molecule has 0 saturated carbocycles. The summed E-state index contributed by atoms with van der Waals surface area (Å²) in [7, 11) is 0. The third-order valence-electron chi connectivity index (χ3n) is 3.95. The summed E-state index contributed by atoms with van der Waals surface area (Å²) >= 11 is 0. The zero-order valence-corrected chi connectivity index (χ0v) is 14.5. The van der Waals surface area contributed by atoms with Crippen molar-refractivity contribution in [3.63, 3.8) is 0 Å². The molecule has 0 aliphatic carbocycles. The molecule has 0 bridgehead atoms. The van der Waals surface area contributed by atoms with Gasteiger partial charge in [0.25, 0.3) is 0 Å². The number of carbonyl (C=O) groups excluding carboxylic acids is 2. The quantitative estimate of drug-likeness (QED) is 0.645. The van der Waals surface area contributed by atoms with Gasteiger partial charge in [-0.25, -0.2) is 0 Å². The highest BCUT2D eigenvalue weighted by molar-refractivity contribution is 6.15. The van der Waals surface area contributed by atoms with Crippen molar-refractivity contribution in [1.29, 1.82) is 5.26 Å². The summed E-state index contributed by atoms with van der Waals surface area (Å²) in [6, 6.07) is 13.8. The minimum atomic E-state index is -1.42. The Bertz CT molecular complexity index is 837. The van der Waals surface area contributed by atoms with Crippen LogP contribution in [0.4, 0.5) is 5.69 Å². The molecule has 0 radical (unpaired) electrons. The molecule has 0 heterocycles. The second-order valence-electron chi connectivity index (χ2n) is 5.62. The van der Waals surface area contributed by atoms with E-state index in [4.69, 9.17) is 4.74 Å². The van der Waals surface area contributed by atoms with Gasteiger partial charge in [0.15, 0.2) is 11.7 Å². The normalized spacial score (nSPS) is 11.3. The smallest absolute Gasteiger partial charge is 0.249 e. The molecule has 5 heteroatoms. The van der Waals surface area contributed by atoms with Crippen LogP contribution in [0.3, 0.4) is 0 Å². The number of nitriles is 1. The topological polar surface area (TPSA) is 79.2 Å². The number of rotatable bonds is 6. The Kier molecular flexibility index (Phi) is 5.91. The summed E-state index contributed by atoms with van der Waals surface area (Å²) in [5.41, 5.74) is 2.79. The number of amides is 1. The number of carbonyl (C=O) groups is 2. The van der Waals surface area contributed by atoms with Gasteiger partial charge in [-0.15, -0.1) is 0 Å². The average Bonchev–Trinajstić information content (AvgIpc) is 2.60. The Morgan fingerprint density at radius 2 is 1.92 bits per heavy atom. The summed E-state index contributed by atoms with van der Waals surface area (Å²) in [6.07, 6.45) is 0. The monoisotopic (exact) mass is 336 g/mol. The number of hydrogen-bond acceptors (Lipinski definition) is 4. The first-order chi connectivity index (χ1) is 12.0. The lowest BCUT2D eigenvalue weighted by molar-refractivity contribution is -0.117. The second kappa shape index (κ2) is 8.11.